The largest absolute Gasteiger partial charge is 0.396 e. The summed E-state index contributed by atoms with van der Waals surface area (Å²) < 4.78 is 46.2. The fourth-order valence-electron chi connectivity index (χ4n) is 6.15. The summed E-state index contributed by atoms with van der Waals surface area (Å²) in [5.41, 5.74) is 3.32. The molecule has 45 heavy (non-hydrogen) atoms. The minimum absolute atomic E-state index is 0.0561. The number of likely N-dealkylation sites (tertiary alicyclic amines) is 1. The molecule has 2 unspecified atom stereocenters. The zero-order valence-corrected chi connectivity index (χ0v) is 26.3. The number of hydrogen-bond donors (Lipinski definition) is 1. The number of nitrogens with zero attached hydrogens (tertiary/aromatic N) is 6. The number of carbonyl (C=O) groups is 2. The van der Waals surface area contributed by atoms with E-state index in [1.165, 1.54) is 4.68 Å². The second kappa shape index (κ2) is 12.1. The summed E-state index contributed by atoms with van der Waals surface area (Å²) in [4.78, 5) is 28.2. The highest BCUT2D eigenvalue weighted by Gasteiger charge is 2.47. The first-order valence-corrected chi connectivity index (χ1v) is 14.9. The molecule has 2 amide bonds. The zero-order chi connectivity index (χ0) is 32.7. The van der Waals surface area contributed by atoms with Crippen LogP contribution in [0.2, 0.25) is 0 Å². The average Bonchev–Trinajstić information content (AvgIpc) is 3.56. The molecule has 1 N–H and O–H groups in total. The highest BCUT2D eigenvalue weighted by atomic mass is 19.4. The maximum absolute atomic E-state index is 14.4. The number of carbonyl (C=O) groups excluding carboxylic acids is 2. The van der Waals surface area contributed by atoms with Crippen LogP contribution in [0, 0.1) is 20.8 Å². The lowest BCUT2D eigenvalue weighted by molar-refractivity contribution is -0.164. The molecular formula is C33H38F3N7O2. The van der Waals surface area contributed by atoms with Gasteiger partial charge in [0.25, 0.3) is 5.91 Å². The Hall–Kier alpha value is -4.48. The van der Waals surface area contributed by atoms with Gasteiger partial charge in [-0.15, -0.1) is 5.10 Å². The van der Waals surface area contributed by atoms with Crippen molar-refractivity contribution in [3.63, 3.8) is 0 Å². The van der Waals surface area contributed by atoms with E-state index >= 15 is 0 Å². The smallest absolute Gasteiger partial charge is 0.335 e. The molecule has 2 aromatic carbocycles. The zero-order valence-electron chi connectivity index (χ0n) is 26.3. The molecule has 2 aromatic heterocycles. The van der Waals surface area contributed by atoms with Crippen molar-refractivity contribution in [2.45, 2.75) is 77.6 Å². The maximum atomic E-state index is 14.4. The van der Waals surface area contributed by atoms with Gasteiger partial charge in [0.2, 0.25) is 5.91 Å². The van der Waals surface area contributed by atoms with Gasteiger partial charge in [-0.05, 0) is 71.2 Å². The second-order valence-corrected chi connectivity index (χ2v) is 12.4. The van der Waals surface area contributed by atoms with Crippen LogP contribution >= 0.6 is 0 Å². The van der Waals surface area contributed by atoms with Crippen LogP contribution in [-0.4, -0.2) is 59.7 Å². The van der Waals surface area contributed by atoms with Crippen LogP contribution in [0.4, 0.5) is 18.9 Å². The van der Waals surface area contributed by atoms with E-state index in [1.54, 1.807) is 42.7 Å². The third-order valence-corrected chi connectivity index (χ3v) is 8.90. The molecule has 1 saturated heterocycles. The van der Waals surface area contributed by atoms with Crippen LogP contribution < -0.4 is 5.32 Å². The van der Waals surface area contributed by atoms with E-state index in [4.69, 9.17) is 0 Å². The lowest BCUT2D eigenvalue weighted by Crippen LogP contribution is -2.54. The van der Waals surface area contributed by atoms with E-state index < -0.39 is 30.0 Å². The molecule has 0 spiro atoms. The number of para-hydroxylation sites is 1. The third kappa shape index (κ3) is 6.64. The number of anilines is 1. The summed E-state index contributed by atoms with van der Waals surface area (Å²) in [6.45, 7) is 8.95. The number of nitrogens with one attached hydrogen (secondary N) is 1. The number of alkyl halides is 3. The van der Waals surface area contributed by atoms with Crippen molar-refractivity contribution in [1.29, 1.82) is 0 Å². The number of benzene rings is 2. The summed E-state index contributed by atoms with van der Waals surface area (Å²) in [5.74, 6) is -2.77. The van der Waals surface area contributed by atoms with Gasteiger partial charge in [0.05, 0.1) is 23.9 Å². The molecule has 12 heteroatoms. The Balaban J connectivity index is 1.35. The fraction of sp³-hybridized carbons (Fsp3) is 0.424. The standard InChI is InChI=1S/C33H38F3N7O2/c1-20-12-13-23(16-26(20)31(45)37-24-10-8-7-9-11-24)28-19-43(40-38-28)25-14-15-32(4,5)42(18-25)29(44)17-27(33(34,35)36)30-21(2)39-41(6)22(30)3/h7-13,16,19,25,27H,14-15,17-18H2,1-6H3,(H,37,45). The van der Waals surface area contributed by atoms with Gasteiger partial charge in [0, 0.05) is 53.6 Å². The molecular weight excluding hydrogens is 583 g/mol. The number of amides is 2. The van der Waals surface area contributed by atoms with E-state index in [-0.39, 0.29) is 29.8 Å². The summed E-state index contributed by atoms with van der Waals surface area (Å²) in [5, 5.41) is 15.7. The van der Waals surface area contributed by atoms with Crippen molar-refractivity contribution in [2.75, 3.05) is 11.9 Å². The van der Waals surface area contributed by atoms with E-state index in [9.17, 15) is 22.8 Å². The second-order valence-electron chi connectivity index (χ2n) is 12.4. The first kappa shape index (κ1) is 31.9. The predicted octanol–water partition coefficient (Wildman–Crippen LogP) is 6.53. The van der Waals surface area contributed by atoms with Gasteiger partial charge in [-0.1, -0.05) is 35.5 Å². The monoisotopic (exact) mass is 621 g/mol. The number of piperidine rings is 1. The van der Waals surface area contributed by atoms with Crippen molar-refractivity contribution in [2.24, 2.45) is 7.05 Å². The van der Waals surface area contributed by atoms with Crippen molar-refractivity contribution in [1.82, 2.24) is 29.7 Å². The first-order valence-electron chi connectivity index (χ1n) is 14.9. The van der Waals surface area contributed by atoms with E-state index in [0.717, 1.165) is 5.56 Å². The van der Waals surface area contributed by atoms with Crippen LogP contribution in [0.25, 0.3) is 11.3 Å². The van der Waals surface area contributed by atoms with Crippen molar-refractivity contribution in [3.05, 3.63) is 82.8 Å². The average molecular weight is 622 g/mol. The highest BCUT2D eigenvalue weighted by Crippen LogP contribution is 2.42. The van der Waals surface area contributed by atoms with Crippen LogP contribution in [0.3, 0.4) is 0 Å². The van der Waals surface area contributed by atoms with Crippen LogP contribution in [0.5, 0.6) is 0 Å². The molecule has 238 valence electrons. The number of rotatable bonds is 7. The third-order valence-electron chi connectivity index (χ3n) is 8.90. The molecule has 4 aromatic rings. The van der Waals surface area contributed by atoms with Crippen molar-refractivity contribution < 1.29 is 22.8 Å². The molecule has 3 heterocycles. The van der Waals surface area contributed by atoms with Gasteiger partial charge in [-0.2, -0.15) is 18.3 Å². The Labute approximate surface area is 260 Å². The number of hydrogen-bond acceptors (Lipinski definition) is 5. The Kier molecular flexibility index (Phi) is 8.61. The Morgan fingerprint density at radius 1 is 1.09 bits per heavy atom. The Morgan fingerprint density at radius 3 is 2.44 bits per heavy atom. The molecule has 0 radical (unpaired) electrons. The Bertz CT molecular complexity index is 1710. The van der Waals surface area contributed by atoms with Crippen molar-refractivity contribution in [3.8, 4) is 11.3 Å². The van der Waals surface area contributed by atoms with Gasteiger partial charge in [0.15, 0.2) is 0 Å². The lowest BCUT2D eigenvalue weighted by atomic mass is 9.86. The lowest BCUT2D eigenvalue weighted by Gasteiger charge is -2.46. The van der Waals surface area contributed by atoms with Gasteiger partial charge < -0.3 is 10.2 Å². The van der Waals surface area contributed by atoms with E-state index in [1.807, 2.05) is 63.2 Å². The molecule has 9 nitrogen and oxygen atoms in total. The van der Waals surface area contributed by atoms with E-state index in [0.29, 0.717) is 41.0 Å². The van der Waals surface area contributed by atoms with Crippen LogP contribution in [-0.2, 0) is 11.8 Å². The molecule has 5 rings (SSSR count). The molecule has 2 atom stereocenters. The van der Waals surface area contributed by atoms with Crippen LogP contribution in [0.1, 0.15) is 77.9 Å². The van der Waals surface area contributed by atoms with Crippen LogP contribution in [0.15, 0.2) is 54.7 Å². The van der Waals surface area contributed by atoms with Gasteiger partial charge in [-0.3, -0.25) is 14.3 Å². The summed E-state index contributed by atoms with van der Waals surface area (Å²) in [6.07, 6.45) is -2.31. The fourth-order valence-corrected chi connectivity index (χ4v) is 6.15. The summed E-state index contributed by atoms with van der Waals surface area (Å²) >= 11 is 0. The van der Waals surface area contributed by atoms with Crippen molar-refractivity contribution >= 4 is 17.5 Å². The van der Waals surface area contributed by atoms with Gasteiger partial charge in [0.1, 0.15) is 5.69 Å². The van der Waals surface area contributed by atoms with Gasteiger partial charge >= 0.3 is 6.18 Å². The molecule has 1 fully saturated rings. The normalized spacial score (nSPS) is 17.3. The Morgan fingerprint density at radius 2 is 1.80 bits per heavy atom. The predicted molar refractivity (Wildman–Crippen MR) is 165 cm³/mol. The topological polar surface area (TPSA) is 97.9 Å². The molecule has 1 aliphatic heterocycles. The van der Waals surface area contributed by atoms with E-state index in [2.05, 4.69) is 20.7 Å². The first-order chi connectivity index (χ1) is 21.2. The van der Waals surface area contributed by atoms with Gasteiger partial charge in [-0.25, -0.2) is 4.68 Å². The molecule has 0 aliphatic carbocycles. The number of aryl methyl sites for hydroxylation is 3. The number of aromatic nitrogens is 5. The molecule has 1 aliphatic rings. The molecule has 0 saturated carbocycles. The SMILES string of the molecule is Cc1ccc(-c2cn(C3CCC(C)(C)N(C(=O)CC(c4c(C)nn(C)c4C)C(F)(F)F)C3)nn2)cc1C(=O)Nc1ccccc1. The summed E-state index contributed by atoms with van der Waals surface area (Å²) in [6, 6.07) is 14.4. The molecule has 0 bridgehead atoms. The quantitative estimate of drug-likeness (QED) is 0.253. The minimum Gasteiger partial charge on any atom is -0.335 e. The maximum Gasteiger partial charge on any atom is 0.396 e. The number of halogens is 3. The summed E-state index contributed by atoms with van der Waals surface area (Å²) in [7, 11) is 1.60. The minimum atomic E-state index is -4.61. The highest BCUT2D eigenvalue weighted by molar-refractivity contribution is 6.05.